The normalized spacial score (nSPS) is 10.4. The van der Waals surface area contributed by atoms with E-state index in [1.807, 2.05) is 0 Å². The van der Waals surface area contributed by atoms with Gasteiger partial charge in [0.05, 0.1) is 0 Å². The van der Waals surface area contributed by atoms with Crippen molar-refractivity contribution < 1.29 is 13.5 Å². The quantitative estimate of drug-likeness (QED) is 0.903. The predicted molar refractivity (Wildman–Crippen MR) is 65.5 cm³/mol. The predicted octanol–water partition coefficient (Wildman–Crippen LogP) is 3.52. The Morgan fingerprint density at radius 1 is 1.11 bits per heavy atom. The number of hydrogen-bond donors (Lipinski definition) is 1. The molecule has 0 unspecified atom stereocenters. The molecule has 0 aliphatic rings. The first kappa shape index (κ1) is 12.5. The molecule has 0 amide bonds. The molecular formula is C14H13F2NO. The van der Waals surface area contributed by atoms with Gasteiger partial charge in [-0.25, -0.2) is 8.78 Å². The minimum Gasteiger partial charge on any atom is -0.451 e. The Balaban J connectivity index is 2.31. The first-order chi connectivity index (χ1) is 8.61. The lowest BCUT2D eigenvalue weighted by molar-refractivity contribution is 0.413. The average Bonchev–Trinajstić information content (AvgIpc) is 2.37. The fourth-order valence-electron chi connectivity index (χ4n) is 1.57. The van der Waals surface area contributed by atoms with Crippen LogP contribution in [0.25, 0.3) is 0 Å². The maximum Gasteiger partial charge on any atom is 0.168 e. The van der Waals surface area contributed by atoms with Gasteiger partial charge in [0.1, 0.15) is 0 Å². The van der Waals surface area contributed by atoms with Crippen molar-refractivity contribution in [3.63, 3.8) is 0 Å². The summed E-state index contributed by atoms with van der Waals surface area (Å²) in [4.78, 5) is 0. The van der Waals surface area contributed by atoms with E-state index in [0.717, 1.165) is 0 Å². The molecule has 94 valence electrons. The zero-order chi connectivity index (χ0) is 13.1. The molecule has 0 saturated heterocycles. The maximum absolute atomic E-state index is 13.7. The van der Waals surface area contributed by atoms with Crippen LogP contribution in [0.3, 0.4) is 0 Å². The van der Waals surface area contributed by atoms with Crippen LogP contribution < -0.4 is 10.5 Å². The largest absolute Gasteiger partial charge is 0.451 e. The van der Waals surface area contributed by atoms with Crippen molar-refractivity contribution >= 4 is 0 Å². The van der Waals surface area contributed by atoms with Gasteiger partial charge >= 0.3 is 0 Å². The van der Waals surface area contributed by atoms with Crippen molar-refractivity contribution in [2.45, 2.75) is 13.5 Å². The second kappa shape index (κ2) is 5.14. The summed E-state index contributed by atoms with van der Waals surface area (Å²) < 4.78 is 32.6. The van der Waals surface area contributed by atoms with Crippen molar-refractivity contribution in [2.24, 2.45) is 5.73 Å². The van der Waals surface area contributed by atoms with Crippen molar-refractivity contribution in [1.82, 2.24) is 0 Å². The first-order valence-corrected chi connectivity index (χ1v) is 5.53. The summed E-state index contributed by atoms with van der Waals surface area (Å²) in [5, 5.41) is 0. The highest BCUT2D eigenvalue weighted by Gasteiger charge is 2.10. The molecule has 0 radical (unpaired) electrons. The number of aryl methyl sites for hydroxylation is 1. The fraction of sp³-hybridized carbons (Fsp3) is 0.143. The molecular weight excluding hydrogens is 236 g/mol. The molecule has 2 N–H and O–H groups in total. The van der Waals surface area contributed by atoms with E-state index >= 15 is 0 Å². The summed E-state index contributed by atoms with van der Waals surface area (Å²) in [6.07, 6.45) is 0. The van der Waals surface area contributed by atoms with Crippen LogP contribution in [0.15, 0.2) is 36.4 Å². The lowest BCUT2D eigenvalue weighted by Crippen LogP contribution is -1.98. The summed E-state index contributed by atoms with van der Waals surface area (Å²) >= 11 is 0. The van der Waals surface area contributed by atoms with Crippen LogP contribution in [0.4, 0.5) is 8.78 Å². The smallest absolute Gasteiger partial charge is 0.168 e. The highest BCUT2D eigenvalue weighted by Crippen LogP contribution is 2.28. The summed E-state index contributed by atoms with van der Waals surface area (Å²) in [6, 6.07) is 9.10. The molecule has 0 heterocycles. The molecule has 0 bridgehead atoms. The molecule has 2 aromatic rings. The number of ether oxygens (including phenoxy) is 1. The maximum atomic E-state index is 13.7. The third kappa shape index (κ3) is 2.49. The molecule has 0 saturated carbocycles. The Labute approximate surface area is 104 Å². The van der Waals surface area contributed by atoms with Gasteiger partial charge < -0.3 is 10.5 Å². The third-order valence-electron chi connectivity index (χ3n) is 2.61. The van der Waals surface area contributed by atoms with Crippen LogP contribution in [0, 0.1) is 18.6 Å². The second-order valence-electron chi connectivity index (χ2n) is 3.96. The van der Waals surface area contributed by atoms with Crippen LogP contribution in [0.1, 0.15) is 11.1 Å². The highest BCUT2D eigenvalue weighted by molar-refractivity contribution is 5.37. The standard InChI is InChI=1S/C14H13F2NO/c1-9-3-2-4-13(14(9)16)18-12-6-5-10(8-17)7-11(12)15/h2-7H,8,17H2,1H3. The van der Waals surface area contributed by atoms with Crippen LogP contribution in [0.2, 0.25) is 0 Å². The minimum absolute atomic E-state index is 0.00870. The van der Waals surface area contributed by atoms with E-state index in [0.29, 0.717) is 11.1 Å². The van der Waals surface area contributed by atoms with E-state index in [1.54, 1.807) is 25.1 Å². The molecule has 0 aromatic heterocycles. The molecule has 0 fully saturated rings. The van der Waals surface area contributed by atoms with Crippen molar-refractivity contribution in [3.05, 3.63) is 59.2 Å². The van der Waals surface area contributed by atoms with E-state index in [1.165, 1.54) is 18.2 Å². The molecule has 2 aromatic carbocycles. The Hall–Kier alpha value is -1.94. The van der Waals surface area contributed by atoms with Crippen molar-refractivity contribution in [1.29, 1.82) is 0 Å². The molecule has 0 atom stereocenters. The van der Waals surface area contributed by atoms with E-state index in [4.69, 9.17) is 10.5 Å². The van der Waals surface area contributed by atoms with Crippen molar-refractivity contribution in [2.75, 3.05) is 0 Å². The van der Waals surface area contributed by atoms with Crippen LogP contribution >= 0.6 is 0 Å². The molecule has 0 aliphatic carbocycles. The van der Waals surface area contributed by atoms with Gasteiger partial charge in [0.2, 0.25) is 0 Å². The van der Waals surface area contributed by atoms with E-state index in [2.05, 4.69) is 0 Å². The Bertz CT molecular complexity index is 570. The van der Waals surface area contributed by atoms with Gasteiger partial charge in [-0.2, -0.15) is 0 Å². The molecule has 0 spiro atoms. The molecule has 0 aliphatic heterocycles. The van der Waals surface area contributed by atoms with Crippen LogP contribution in [0.5, 0.6) is 11.5 Å². The topological polar surface area (TPSA) is 35.2 Å². The SMILES string of the molecule is Cc1cccc(Oc2ccc(CN)cc2F)c1F. The zero-order valence-corrected chi connectivity index (χ0v) is 9.91. The summed E-state index contributed by atoms with van der Waals surface area (Å²) in [5.74, 6) is -1.05. The van der Waals surface area contributed by atoms with Gasteiger partial charge in [-0.3, -0.25) is 0 Å². The number of hydrogen-bond acceptors (Lipinski definition) is 2. The summed E-state index contributed by atoms with van der Waals surface area (Å²) in [7, 11) is 0. The molecule has 4 heteroatoms. The number of benzene rings is 2. The monoisotopic (exact) mass is 249 g/mol. The van der Waals surface area contributed by atoms with Crippen LogP contribution in [-0.4, -0.2) is 0 Å². The van der Waals surface area contributed by atoms with Crippen molar-refractivity contribution in [3.8, 4) is 11.5 Å². The molecule has 18 heavy (non-hydrogen) atoms. The summed E-state index contributed by atoms with van der Waals surface area (Å²) in [6.45, 7) is 1.87. The lowest BCUT2D eigenvalue weighted by atomic mass is 10.2. The zero-order valence-electron chi connectivity index (χ0n) is 9.91. The summed E-state index contributed by atoms with van der Waals surface area (Å²) in [5.41, 5.74) is 6.51. The lowest BCUT2D eigenvalue weighted by Gasteiger charge is -2.09. The van der Waals surface area contributed by atoms with E-state index in [-0.39, 0.29) is 18.0 Å². The average molecular weight is 249 g/mol. The fourth-order valence-corrected chi connectivity index (χ4v) is 1.57. The van der Waals surface area contributed by atoms with E-state index < -0.39 is 11.6 Å². The van der Waals surface area contributed by atoms with Gasteiger partial charge in [0.15, 0.2) is 23.1 Å². The van der Waals surface area contributed by atoms with Gasteiger partial charge in [-0.1, -0.05) is 18.2 Å². The number of halogens is 2. The van der Waals surface area contributed by atoms with Gasteiger partial charge in [-0.05, 0) is 36.2 Å². The van der Waals surface area contributed by atoms with E-state index in [9.17, 15) is 8.78 Å². The Morgan fingerprint density at radius 3 is 2.56 bits per heavy atom. The first-order valence-electron chi connectivity index (χ1n) is 5.53. The Morgan fingerprint density at radius 2 is 1.89 bits per heavy atom. The number of rotatable bonds is 3. The highest BCUT2D eigenvalue weighted by atomic mass is 19.1. The second-order valence-corrected chi connectivity index (χ2v) is 3.96. The Kier molecular flexibility index (Phi) is 3.58. The molecule has 2 rings (SSSR count). The van der Waals surface area contributed by atoms with Crippen LogP contribution in [-0.2, 0) is 6.54 Å². The minimum atomic E-state index is -0.557. The van der Waals surface area contributed by atoms with Gasteiger partial charge in [0.25, 0.3) is 0 Å². The van der Waals surface area contributed by atoms with Gasteiger partial charge in [0, 0.05) is 6.54 Å². The van der Waals surface area contributed by atoms with Gasteiger partial charge in [-0.15, -0.1) is 0 Å². The number of nitrogens with two attached hydrogens (primary N) is 1. The third-order valence-corrected chi connectivity index (χ3v) is 2.61. The molecule has 2 nitrogen and oxygen atoms in total.